The van der Waals surface area contributed by atoms with Crippen molar-refractivity contribution in [2.45, 2.75) is 6.42 Å². The molecule has 0 spiro atoms. The molecule has 6 heteroatoms. The maximum absolute atomic E-state index is 12.1. The molecule has 1 N–H and O–H groups in total. The average molecular weight is 359 g/mol. The number of benzene rings is 2. The van der Waals surface area contributed by atoms with Crippen molar-refractivity contribution in [3.8, 4) is 17.2 Å². The Morgan fingerprint density at radius 2 is 1.60 bits per heavy atom. The highest BCUT2D eigenvalue weighted by atomic mass is 35.5. The number of methoxy groups -OCH3 is 1. The summed E-state index contributed by atoms with van der Waals surface area (Å²) in [5, 5.41) is 11.7. The van der Waals surface area contributed by atoms with Crippen LogP contribution in [0.15, 0.2) is 48.5 Å². The van der Waals surface area contributed by atoms with E-state index >= 15 is 0 Å². The minimum Gasteiger partial charge on any atom is -0.469 e. The molecule has 0 bridgehead atoms. The van der Waals surface area contributed by atoms with Crippen LogP contribution >= 0.6 is 12.4 Å². The smallest absolute Gasteiger partial charge is 0.306 e. The maximum atomic E-state index is 12.1. The second-order valence-electron chi connectivity index (χ2n) is 5.19. The normalized spacial score (nSPS) is 9.60. The van der Waals surface area contributed by atoms with Gasteiger partial charge in [0.2, 0.25) is 0 Å². The van der Waals surface area contributed by atoms with E-state index in [1.165, 1.54) is 7.11 Å². The number of halogens is 1. The van der Waals surface area contributed by atoms with E-state index in [0.29, 0.717) is 17.7 Å². The number of nitrogens with one attached hydrogen (secondary N) is 1. The summed E-state index contributed by atoms with van der Waals surface area (Å²) in [5.74, 6) is -0.340. The molecule has 0 saturated carbocycles. The summed E-state index contributed by atoms with van der Waals surface area (Å²) in [6.07, 6.45) is 0.238. The molecule has 2 rings (SSSR count). The van der Waals surface area contributed by atoms with Crippen LogP contribution in [0.25, 0.3) is 11.1 Å². The van der Waals surface area contributed by atoms with Gasteiger partial charge >= 0.3 is 5.97 Å². The van der Waals surface area contributed by atoms with E-state index in [9.17, 15) is 9.59 Å². The number of hydrogen-bond acceptors (Lipinski definition) is 5. The highest BCUT2D eigenvalue weighted by Gasteiger charge is 2.07. The average Bonchev–Trinajstić information content (AvgIpc) is 2.65. The van der Waals surface area contributed by atoms with Crippen LogP contribution in [0.1, 0.15) is 22.3 Å². The minimum atomic E-state index is -0.304. The van der Waals surface area contributed by atoms with Gasteiger partial charge in [0.1, 0.15) is 0 Å². The Bertz CT molecular complexity index is 750. The predicted octanol–water partition coefficient (Wildman–Crippen LogP) is 2.98. The number of ether oxygens (including phenoxy) is 1. The van der Waals surface area contributed by atoms with Crippen LogP contribution in [0.4, 0.5) is 0 Å². The van der Waals surface area contributed by atoms with Crippen LogP contribution in [0.3, 0.4) is 0 Å². The lowest BCUT2D eigenvalue weighted by Crippen LogP contribution is -2.25. The van der Waals surface area contributed by atoms with E-state index in [0.717, 1.165) is 11.1 Å². The van der Waals surface area contributed by atoms with Crippen molar-refractivity contribution in [2.75, 3.05) is 20.2 Å². The Hall–Kier alpha value is -2.68. The fourth-order valence-corrected chi connectivity index (χ4v) is 2.18. The van der Waals surface area contributed by atoms with Crippen LogP contribution in [0.2, 0.25) is 0 Å². The largest absolute Gasteiger partial charge is 0.469 e. The number of rotatable bonds is 7. The summed E-state index contributed by atoms with van der Waals surface area (Å²) in [4.78, 5) is 23.0. The number of esters is 1. The van der Waals surface area contributed by atoms with Crippen LogP contribution in [-0.2, 0) is 9.53 Å². The lowest BCUT2D eigenvalue weighted by Gasteiger charge is -2.06. The molecule has 0 amide bonds. The molecule has 130 valence electrons. The molecule has 0 radical (unpaired) electrons. The van der Waals surface area contributed by atoms with Crippen LogP contribution in [0.5, 0.6) is 0 Å². The van der Waals surface area contributed by atoms with Crippen LogP contribution in [-0.4, -0.2) is 32.0 Å². The second-order valence-corrected chi connectivity index (χ2v) is 5.19. The van der Waals surface area contributed by atoms with E-state index < -0.39 is 0 Å². The molecular weight excluding hydrogens is 340 g/mol. The molecule has 0 aliphatic heterocycles. The molecule has 25 heavy (non-hydrogen) atoms. The molecule has 0 unspecified atom stereocenters. The molecule has 2 aromatic carbocycles. The van der Waals surface area contributed by atoms with Crippen molar-refractivity contribution in [2.24, 2.45) is 0 Å². The fourth-order valence-electron chi connectivity index (χ4n) is 2.18. The lowest BCUT2D eigenvalue weighted by atomic mass is 10.0. The highest BCUT2D eigenvalue weighted by Crippen LogP contribution is 2.20. The molecule has 0 heterocycles. The summed E-state index contributed by atoms with van der Waals surface area (Å²) in [6, 6.07) is 16.7. The Morgan fingerprint density at radius 3 is 2.12 bits per heavy atom. The summed E-state index contributed by atoms with van der Waals surface area (Å²) in [7, 11) is 1.34. The van der Waals surface area contributed by atoms with Crippen LogP contribution in [0, 0.1) is 11.3 Å². The van der Waals surface area contributed by atoms with Gasteiger partial charge in [-0.05, 0) is 23.3 Å². The monoisotopic (exact) mass is 358 g/mol. The van der Waals surface area contributed by atoms with Gasteiger partial charge in [0.05, 0.1) is 31.7 Å². The summed E-state index contributed by atoms with van der Waals surface area (Å²) >= 11 is 0. The summed E-state index contributed by atoms with van der Waals surface area (Å²) < 4.78 is 4.53. The van der Waals surface area contributed by atoms with E-state index in [-0.39, 0.29) is 37.1 Å². The number of nitriles is 1. The molecule has 0 aromatic heterocycles. The van der Waals surface area contributed by atoms with Crippen LogP contribution < -0.4 is 5.32 Å². The summed E-state index contributed by atoms with van der Waals surface area (Å²) in [6.45, 7) is 0.578. The fraction of sp³-hybridized carbons (Fsp3) is 0.211. The van der Waals surface area contributed by atoms with E-state index in [2.05, 4.69) is 16.1 Å². The number of Topliss-reactive ketones (excluding diaryl/α,β-unsaturated/α-hetero) is 1. The zero-order valence-corrected chi connectivity index (χ0v) is 14.6. The molecule has 0 aliphatic rings. The first-order chi connectivity index (χ1) is 11.6. The van der Waals surface area contributed by atoms with Crippen molar-refractivity contribution in [1.29, 1.82) is 5.26 Å². The minimum absolute atomic E-state index is 0. The Balaban J connectivity index is 0.00000312. The first-order valence-electron chi connectivity index (χ1n) is 7.55. The molecule has 0 atom stereocenters. The molecule has 0 aliphatic carbocycles. The maximum Gasteiger partial charge on any atom is 0.306 e. The zero-order chi connectivity index (χ0) is 17.4. The van der Waals surface area contributed by atoms with Gasteiger partial charge in [0, 0.05) is 12.1 Å². The van der Waals surface area contributed by atoms with E-state index in [1.54, 1.807) is 24.3 Å². The van der Waals surface area contributed by atoms with Gasteiger partial charge in [-0.15, -0.1) is 12.4 Å². The first-order valence-corrected chi connectivity index (χ1v) is 7.55. The zero-order valence-electron chi connectivity index (χ0n) is 13.8. The molecule has 2 aromatic rings. The van der Waals surface area contributed by atoms with Gasteiger partial charge in [-0.1, -0.05) is 36.4 Å². The SMILES string of the molecule is COC(=O)CCNCC(=O)c1ccc(-c2ccc(C#N)cc2)cc1.Cl. The Kier molecular flexibility index (Phi) is 8.34. The van der Waals surface area contributed by atoms with E-state index in [4.69, 9.17) is 5.26 Å². The van der Waals surface area contributed by atoms with Gasteiger partial charge in [-0.25, -0.2) is 0 Å². The van der Waals surface area contributed by atoms with Gasteiger partial charge in [-0.3, -0.25) is 9.59 Å². The van der Waals surface area contributed by atoms with Crippen molar-refractivity contribution in [3.63, 3.8) is 0 Å². The number of hydrogen-bond donors (Lipinski definition) is 1. The lowest BCUT2D eigenvalue weighted by molar-refractivity contribution is -0.140. The highest BCUT2D eigenvalue weighted by molar-refractivity contribution is 5.98. The molecular formula is C19H19ClN2O3. The number of ketones is 1. The third kappa shape index (κ3) is 6.03. The Labute approximate surface area is 153 Å². The second kappa shape index (κ2) is 10.2. The molecule has 5 nitrogen and oxygen atoms in total. The Morgan fingerprint density at radius 1 is 1.04 bits per heavy atom. The quantitative estimate of drug-likeness (QED) is 0.467. The number of carbonyl (C=O) groups is 2. The van der Waals surface area contributed by atoms with Gasteiger partial charge < -0.3 is 10.1 Å². The third-order valence-corrected chi connectivity index (χ3v) is 3.57. The van der Waals surface area contributed by atoms with Gasteiger partial charge in [0.15, 0.2) is 5.78 Å². The topological polar surface area (TPSA) is 79.2 Å². The molecule has 0 fully saturated rings. The summed E-state index contributed by atoms with van der Waals surface area (Å²) in [5.41, 5.74) is 3.19. The standard InChI is InChI=1S/C19H18N2O3.ClH/c1-24-19(23)10-11-21-13-18(22)17-8-6-16(7-9-17)15-4-2-14(12-20)3-5-15;/h2-9,21H,10-11,13H2,1H3;1H. The van der Waals surface area contributed by atoms with Crippen molar-refractivity contribution < 1.29 is 14.3 Å². The predicted molar refractivity (Wildman–Crippen MR) is 97.7 cm³/mol. The number of carbonyl (C=O) groups excluding carboxylic acids is 2. The van der Waals surface area contributed by atoms with Crippen molar-refractivity contribution >= 4 is 24.2 Å². The first kappa shape index (κ1) is 20.4. The van der Waals surface area contributed by atoms with Crippen molar-refractivity contribution in [1.82, 2.24) is 5.32 Å². The van der Waals surface area contributed by atoms with Crippen molar-refractivity contribution in [3.05, 3.63) is 59.7 Å². The number of nitrogens with zero attached hydrogens (tertiary/aromatic N) is 1. The molecule has 0 saturated heterocycles. The van der Waals surface area contributed by atoms with Gasteiger partial charge in [0.25, 0.3) is 0 Å². The third-order valence-electron chi connectivity index (χ3n) is 3.57. The van der Waals surface area contributed by atoms with E-state index in [1.807, 2.05) is 24.3 Å². The van der Waals surface area contributed by atoms with Gasteiger partial charge in [-0.2, -0.15) is 5.26 Å².